The van der Waals surface area contributed by atoms with E-state index in [1.165, 1.54) is 11.3 Å². The molecule has 4 rings (SSSR count). The van der Waals surface area contributed by atoms with Gasteiger partial charge in [-0.3, -0.25) is 14.6 Å². The molecule has 2 heterocycles. The number of thioether (sulfide) groups is 1. The van der Waals surface area contributed by atoms with E-state index in [4.69, 9.17) is 16.3 Å². The first kappa shape index (κ1) is 23.5. The molecule has 0 radical (unpaired) electrons. The molecule has 1 aliphatic carbocycles. The summed E-state index contributed by atoms with van der Waals surface area (Å²) in [6, 6.07) is 7.21. The highest BCUT2D eigenvalue weighted by Crippen LogP contribution is 2.39. The third kappa shape index (κ3) is 5.45. The van der Waals surface area contributed by atoms with Crippen LogP contribution in [-0.2, 0) is 28.8 Å². The Kier molecular flexibility index (Phi) is 7.46. The van der Waals surface area contributed by atoms with Gasteiger partial charge >= 0.3 is 5.97 Å². The van der Waals surface area contributed by atoms with E-state index in [-0.39, 0.29) is 41.1 Å². The molecule has 0 aliphatic heterocycles. The maximum absolute atomic E-state index is 12.5. The Morgan fingerprint density at radius 3 is 2.85 bits per heavy atom. The van der Waals surface area contributed by atoms with E-state index in [2.05, 4.69) is 20.5 Å². The summed E-state index contributed by atoms with van der Waals surface area (Å²) in [5, 5.41) is 12.1. The first-order valence-electron chi connectivity index (χ1n) is 10.4. The highest BCUT2D eigenvalue weighted by molar-refractivity contribution is 7.99. The molecule has 33 heavy (non-hydrogen) atoms. The number of anilines is 1. The number of fused-ring (bicyclic) bond motifs is 1. The molecule has 0 saturated heterocycles. The Morgan fingerprint density at radius 1 is 1.27 bits per heavy atom. The average molecular weight is 505 g/mol. The van der Waals surface area contributed by atoms with Crippen molar-refractivity contribution in [2.75, 3.05) is 17.7 Å². The van der Waals surface area contributed by atoms with Crippen molar-refractivity contribution in [2.45, 2.75) is 37.8 Å². The molecule has 0 unspecified atom stereocenters. The van der Waals surface area contributed by atoms with Gasteiger partial charge in [0.1, 0.15) is 10.7 Å². The van der Waals surface area contributed by atoms with E-state index in [0.717, 1.165) is 47.0 Å². The quantitative estimate of drug-likeness (QED) is 0.353. The van der Waals surface area contributed by atoms with Gasteiger partial charge < -0.3 is 10.1 Å². The van der Waals surface area contributed by atoms with Gasteiger partial charge in [-0.2, -0.15) is 0 Å². The number of H-pyrrole nitrogens is 1. The lowest BCUT2D eigenvalue weighted by molar-refractivity contribution is -0.113. The third-order valence-electron chi connectivity index (χ3n) is 5.05. The first-order valence-corrected chi connectivity index (χ1v) is 12.6. The molecule has 8 nitrogen and oxygen atoms in total. The van der Waals surface area contributed by atoms with Crippen LogP contribution in [0.3, 0.4) is 0 Å². The van der Waals surface area contributed by atoms with Gasteiger partial charge in [0, 0.05) is 16.3 Å². The molecule has 0 bridgehead atoms. The molecule has 1 amide bonds. The van der Waals surface area contributed by atoms with Crippen molar-refractivity contribution < 1.29 is 14.3 Å². The zero-order valence-electron chi connectivity index (χ0n) is 17.8. The molecule has 172 valence electrons. The lowest BCUT2D eigenvalue weighted by Crippen LogP contribution is -2.20. The van der Waals surface area contributed by atoms with Crippen LogP contribution in [0.1, 0.15) is 45.4 Å². The number of benzene rings is 1. The predicted molar refractivity (Wildman–Crippen MR) is 129 cm³/mol. The van der Waals surface area contributed by atoms with Gasteiger partial charge in [0.15, 0.2) is 5.16 Å². The van der Waals surface area contributed by atoms with E-state index in [9.17, 15) is 14.4 Å². The van der Waals surface area contributed by atoms with Crippen LogP contribution in [0.5, 0.6) is 0 Å². The molecular formula is C22H21ClN4O4S2. The summed E-state index contributed by atoms with van der Waals surface area (Å²) in [6.07, 6.45) is 2.96. The fourth-order valence-corrected chi connectivity index (χ4v) is 5.66. The number of esters is 1. The average Bonchev–Trinajstić information content (AvgIpc) is 3.36. The van der Waals surface area contributed by atoms with Crippen LogP contribution in [-0.4, -0.2) is 39.4 Å². The largest absolute Gasteiger partial charge is 0.462 e. The number of halogens is 1. The van der Waals surface area contributed by atoms with Gasteiger partial charge in [-0.15, -0.1) is 21.5 Å². The van der Waals surface area contributed by atoms with Gasteiger partial charge in [-0.1, -0.05) is 41.6 Å². The van der Waals surface area contributed by atoms with Crippen molar-refractivity contribution in [3.8, 4) is 0 Å². The number of hydrogen-bond donors (Lipinski definition) is 2. The second-order valence-electron chi connectivity index (χ2n) is 7.29. The number of aryl methyl sites for hydroxylation is 1. The van der Waals surface area contributed by atoms with Crippen LogP contribution in [0.25, 0.3) is 0 Å². The molecule has 0 fully saturated rings. The topological polar surface area (TPSA) is 114 Å². The fourth-order valence-electron chi connectivity index (χ4n) is 3.56. The molecule has 2 aromatic heterocycles. The number of ether oxygens (including phenoxy) is 1. The maximum atomic E-state index is 12.5. The number of hydrogen-bond acceptors (Lipinski definition) is 8. The SMILES string of the molecule is CCOC(=O)c1c(NC(=O)CSc2nnc(Cc3ccccc3Cl)c(=O)[nH]2)sc2c1CCC2. The van der Waals surface area contributed by atoms with Crippen molar-refractivity contribution >= 4 is 51.6 Å². The molecule has 3 aromatic rings. The Labute approximate surface area is 203 Å². The predicted octanol–water partition coefficient (Wildman–Crippen LogP) is 3.87. The number of aromatic amines is 1. The van der Waals surface area contributed by atoms with E-state index in [1.54, 1.807) is 13.0 Å². The highest BCUT2D eigenvalue weighted by Gasteiger charge is 2.28. The summed E-state index contributed by atoms with van der Waals surface area (Å²) >= 11 is 8.62. The second-order valence-corrected chi connectivity index (χ2v) is 9.77. The van der Waals surface area contributed by atoms with Crippen molar-refractivity contribution in [3.63, 3.8) is 0 Å². The fraction of sp³-hybridized carbons (Fsp3) is 0.318. The van der Waals surface area contributed by atoms with Crippen molar-refractivity contribution in [1.29, 1.82) is 0 Å². The maximum Gasteiger partial charge on any atom is 0.341 e. The van der Waals surface area contributed by atoms with Crippen LogP contribution in [0.4, 0.5) is 5.00 Å². The minimum Gasteiger partial charge on any atom is -0.462 e. The molecule has 0 saturated carbocycles. The number of nitrogens with one attached hydrogen (secondary N) is 2. The van der Waals surface area contributed by atoms with E-state index in [0.29, 0.717) is 15.6 Å². The zero-order valence-corrected chi connectivity index (χ0v) is 20.2. The van der Waals surface area contributed by atoms with Crippen LogP contribution in [0, 0.1) is 0 Å². The number of rotatable bonds is 8. The first-order chi connectivity index (χ1) is 16.0. The number of nitrogens with zero attached hydrogens (tertiary/aromatic N) is 2. The molecular weight excluding hydrogens is 484 g/mol. The number of carbonyl (C=O) groups excluding carboxylic acids is 2. The number of amides is 1. The summed E-state index contributed by atoms with van der Waals surface area (Å²) < 4.78 is 5.18. The minimum atomic E-state index is -0.413. The summed E-state index contributed by atoms with van der Waals surface area (Å²) in [5.74, 6) is -0.725. The molecule has 1 aromatic carbocycles. The van der Waals surface area contributed by atoms with E-state index < -0.39 is 5.97 Å². The Bertz CT molecular complexity index is 1260. The third-order valence-corrected chi connectivity index (χ3v) is 7.49. The van der Waals surface area contributed by atoms with Crippen LogP contribution >= 0.6 is 34.7 Å². The Morgan fingerprint density at radius 2 is 2.09 bits per heavy atom. The number of aromatic nitrogens is 3. The lowest BCUT2D eigenvalue weighted by atomic mass is 10.1. The molecule has 11 heteroatoms. The minimum absolute atomic E-state index is 0.000682. The van der Waals surface area contributed by atoms with Gasteiger partial charge in [-0.05, 0) is 43.4 Å². The van der Waals surface area contributed by atoms with Gasteiger partial charge in [0.2, 0.25) is 5.91 Å². The van der Waals surface area contributed by atoms with Crippen LogP contribution in [0.15, 0.2) is 34.2 Å². The standard InChI is InChI=1S/C22H21ClN4O4S2/c1-2-31-21(30)18-13-7-5-9-16(13)33-20(18)24-17(28)11-32-22-25-19(29)15(26-27-22)10-12-6-3-4-8-14(12)23/h3-4,6,8H,2,5,7,9-11H2,1H3,(H,24,28)(H,25,27,29). The van der Waals surface area contributed by atoms with Crippen LogP contribution in [0.2, 0.25) is 5.02 Å². The summed E-state index contributed by atoms with van der Waals surface area (Å²) in [6.45, 7) is 2.02. The lowest BCUT2D eigenvalue weighted by Gasteiger charge is -2.08. The smallest absolute Gasteiger partial charge is 0.341 e. The van der Waals surface area contributed by atoms with Gasteiger partial charge in [0.05, 0.1) is 17.9 Å². The Balaban J connectivity index is 1.40. The van der Waals surface area contributed by atoms with Crippen LogP contribution < -0.4 is 10.9 Å². The zero-order chi connectivity index (χ0) is 23.4. The van der Waals surface area contributed by atoms with Crippen molar-refractivity contribution in [2.24, 2.45) is 0 Å². The van der Waals surface area contributed by atoms with Gasteiger partial charge in [-0.25, -0.2) is 4.79 Å². The molecule has 0 spiro atoms. The van der Waals surface area contributed by atoms with Crippen molar-refractivity contribution in [3.05, 3.63) is 66.9 Å². The molecule has 1 aliphatic rings. The monoisotopic (exact) mass is 504 g/mol. The number of carbonyl (C=O) groups is 2. The van der Waals surface area contributed by atoms with E-state index in [1.807, 2.05) is 18.2 Å². The van der Waals surface area contributed by atoms with Crippen molar-refractivity contribution in [1.82, 2.24) is 15.2 Å². The summed E-state index contributed by atoms with van der Waals surface area (Å²) in [7, 11) is 0. The summed E-state index contributed by atoms with van der Waals surface area (Å²) in [4.78, 5) is 41.1. The highest BCUT2D eigenvalue weighted by atomic mass is 35.5. The second kappa shape index (κ2) is 10.5. The summed E-state index contributed by atoms with van der Waals surface area (Å²) in [5.41, 5.74) is 2.07. The molecule has 2 N–H and O–H groups in total. The number of thiophene rings is 1. The Hall–Kier alpha value is -2.69. The van der Waals surface area contributed by atoms with E-state index >= 15 is 0 Å². The molecule has 0 atom stereocenters. The van der Waals surface area contributed by atoms with Gasteiger partial charge in [0.25, 0.3) is 5.56 Å². The normalized spacial score (nSPS) is 12.4.